The summed E-state index contributed by atoms with van der Waals surface area (Å²) in [7, 11) is 0. The maximum absolute atomic E-state index is 5.57. The van der Waals surface area contributed by atoms with E-state index in [4.69, 9.17) is 10.5 Å². The molecule has 2 rings (SSSR count). The fourth-order valence-electron chi connectivity index (χ4n) is 1.19. The van der Waals surface area contributed by atoms with E-state index in [0.717, 1.165) is 12.8 Å². The van der Waals surface area contributed by atoms with Gasteiger partial charge in [-0.15, -0.1) is 15.3 Å². The number of nitrogen functional groups attached to an aromatic ring is 1. The molecule has 2 aromatic heterocycles. The minimum absolute atomic E-state index is 0.269. The van der Waals surface area contributed by atoms with Crippen molar-refractivity contribution in [3.05, 3.63) is 12.1 Å². The van der Waals surface area contributed by atoms with Gasteiger partial charge in [0.15, 0.2) is 5.65 Å². The first-order valence-corrected chi connectivity index (χ1v) is 4.92. The second kappa shape index (κ2) is 4.12. The predicted octanol–water partition coefficient (Wildman–Crippen LogP) is 0.885. The summed E-state index contributed by atoms with van der Waals surface area (Å²) < 4.78 is 6.90. The molecule has 0 unspecified atom stereocenters. The third-order valence-corrected chi connectivity index (χ3v) is 2.01. The van der Waals surface area contributed by atoms with Crippen molar-refractivity contribution in [2.45, 2.75) is 19.8 Å². The Labute approximate surface area is 87.1 Å². The van der Waals surface area contributed by atoms with E-state index in [2.05, 4.69) is 22.2 Å². The molecule has 0 radical (unpaired) electrons. The van der Waals surface area contributed by atoms with E-state index < -0.39 is 0 Å². The van der Waals surface area contributed by atoms with E-state index in [1.807, 2.05) is 0 Å². The molecule has 0 aliphatic heterocycles. The highest BCUT2D eigenvalue weighted by Gasteiger charge is 2.03. The molecule has 0 spiro atoms. The molecule has 2 N–H and O–H groups in total. The highest BCUT2D eigenvalue weighted by atomic mass is 16.5. The number of hydrogen-bond acceptors (Lipinski definition) is 5. The van der Waals surface area contributed by atoms with Gasteiger partial charge >= 0.3 is 0 Å². The molecule has 15 heavy (non-hydrogen) atoms. The predicted molar refractivity (Wildman–Crippen MR) is 55.6 cm³/mol. The second-order valence-corrected chi connectivity index (χ2v) is 3.20. The van der Waals surface area contributed by atoms with Crippen LogP contribution in [-0.2, 0) is 0 Å². The number of ether oxygens (including phenoxy) is 1. The first-order valence-electron chi connectivity index (χ1n) is 4.92. The Hall–Kier alpha value is -1.85. The number of hydrogen-bond donors (Lipinski definition) is 1. The highest BCUT2D eigenvalue weighted by molar-refractivity contribution is 5.42. The second-order valence-electron chi connectivity index (χ2n) is 3.20. The van der Waals surface area contributed by atoms with Crippen LogP contribution in [-0.4, -0.2) is 26.4 Å². The molecular formula is C9H13N5O. The topological polar surface area (TPSA) is 78.3 Å². The summed E-state index contributed by atoms with van der Waals surface area (Å²) in [6, 6.07) is 3.54. The summed E-state index contributed by atoms with van der Waals surface area (Å²) >= 11 is 0. The average Bonchev–Trinajstić information content (AvgIpc) is 2.61. The van der Waals surface area contributed by atoms with Gasteiger partial charge in [0.25, 0.3) is 0 Å². The highest BCUT2D eigenvalue weighted by Crippen LogP contribution is 2.10. The molecular weight excluding hydrogens is 194 g/mol. The molecule has 6 nitrogen and oxygen atoms in total. The van der Waals surface area contributed by atoms with Gasteiger partial charge in [-0.2, -0.15) is 4.52 Å². The molecule has 0 fully saturated rings. The van der Waals surface area contributed by atoms with Gasteiger partial charge in [-0.1, -0.05) is 13.3 Å². The van der Waals surface area contributed by atoms with Crippen molar-refractivity contribution in [1.82, 2.24) is 19.8 Å². The van der Waals surface area contributed by atoms with E-state index >= 15 is 0 Å². The maximum atomic E-state index is 5.57. The number of anilines is 1. The quantitative estimate of drug-likeness (QED) is 0.753. The number of nitrogens with zero attached hydrogens (tertiary/aromatic N) is 4. The van der Waals surface area contributed by atoms with Gasteiger partial charge in [0.1, 0.15) is 0 Å². The third kappa shape index (κ3) is 1.98. The summed E-state index contributed by atoms with van der Waals surface area (Å²) in [6.07, 6.45) is 2.11. The number of nitrogens with two attached hydrogens (primary N) is 1. The van der Waals surface area contributed by atoms with Crippen molar-refractivity contribution in [3.8, 4) is 5.88 Å². The monoisotopic (exact) mass is 207 g/mol. The Morgan fingerprint density at radius 3 is 3.07 bits per heavy atom. The molecule has 2 heterocycles. The van der Waals surface area contributed by atoms with E-state index in [9.17, 15) is 0 Å². The fourth-order valence-corrected chi connectivity index (χ4v) is 1.19. The summed E-state index contributed by atoms with van der Waals surface area (Å²) in [6.45, 7) is 2.77. The number of aromatic nitrogens is 4. The van der Waals surface area contributed by atoms with Crippen LogP contribution >= 0.6 is 0 Å². The van der Waals surface area contributed by atoms with E-state index in [0.29, 0.717) is 18.1 Å². The Balaban J connectivity index is 2.18. The first kappa shape index (κ1) is 9.70. The average molecular weight is 207 g/mol. The molecule has 0 bridgehead atoms. The van der Waals surface area contributed by atoms with E-state index in [-0.39, 0.29) is 5.95 Å². The minimum atomic E-state index is 0.269. The normalized spacial score (nSPS) is 10.7. The minimum Gasteiger partial charge on any atom is -0.477 e. The van der Waals surface area contributed by atoms with Crippen LogP contribution < -0.4 is 10.5 Å². The smallest absolute Gasteiger partial charge is 0.243 e. The van der Waals surface area contributed by atoms with Gasteiger partial charge in [-0.05, 0) is 12.5 Å². The van der Waals surface area contributed by atoms with E-state index in [1.54, 1.807) is 12.1 Å². The molecule has 2 aromatic rings. The Bertz CT molecular complexity index is 453. The van der Waals surface area contributed by atoms with Gasteiger partial charge in [0.05, 0.1) is 6.61 Å². The maximum Gasteiger partial charge on any atom is 0.243 e. The van der Waals surface area contributed by atoms with Crippen molar-refractivity contribution < 1.29 is 4.74 Å². The van der Waals surface area contributed by atoms with Crippen LogP contribution in [0.5, 0.6) is 5.88 Å². The lowest BCUT2D eigenvalue weighted by atomic mass is 10.4. The zero-order valence-corrected chi connectivity index (χ0v) is 8.55. The molecule has 0 atom stereocenters. The van der Waals surface area contributed by atoms with Gasteiger partial charge in [0, 0.05) is 6.07 Å². The number of unbranched alkanes of at least 4 members (excludes halogenated alkanes) is 1. The Morgan fingerprint density at radius 2 is 2.27 bits per heavy atom. The number of fused-ring (bicyclic) bond motifs is 1. The van der Waals surface area contributed by atoms with Crippen LogP contribution in [0.2, 0.25) is 0 Å². The summed E-state index contributed by atoms with van der Waals surface area (Å²) in [5.41, 5.74) is 6.19. The van der Waals surface area contributed by atoms with Gasteiger partial charge in [-0.3, -0.25) is 0 Å². The van der Waals surface area contributed by atoms with Crippen LogP contribution in [0.1, 0.15) is 19.8 Å². The van der Waals surface area contributed by atoms with Gasteiger partial charge < -0.3 is 10.5 Å². The molecule has 0 aliphatic rings. The lowest BCUT2D eigenvalue weighted by molar-refractivity contribution is 0.293. The van der Waals surface area contributed by atoms with Crippen LogP contribution in [0.3, 0.4) is 0 Å². The van der Waals surface area contributed by atoms with Crippen LogP contribution in [0, 0.1) is 0 Å². The molecule has 0 saturated carbocycles. The molecule has 0 aliphatic carbocycles. The van der Waals surface area contributed by atoms with Gasteiger partial charge in [-0.25, -0.2) is 0 Å². The molecule has 0 saturated heterocycles. The van der Waals surface area contributed by atoms with Crippen molar-refractivity contribution >= 4 is 11.6 Å². The third-order valence-electron chi connectivity index (χ3n) is 2.01. The zero-order chi connectivity index (χ0) is 10.7. The molecule has 6 heteroatoms. The molecule has 0 amide bonds. The molecule has 80 valence electrons. The SMILES string of the molecule is CCCCOc1ccc2nnc(N)n2n1. The standard InChI is InChI=1S/C9H13N5O/c1-2-3-6-15-8-5-4-7-11-12-9(10)14(7)13-8/h4-5H,2-3,6H2,1H3,(H2,10,12). The first-order chi connectivity index (χ1) is 7.31. The van der Waals surface area contributed by atoms with Gasteiger partial charge in [0.2, 0.25) is 11.8 Å². The summed E-state index contributed by atoms with van der Waals surface area (Å²) in [5.74, 6) is 0.813. The number of rotatable bonds is 4. The zero-order valence-electron chi connectivity index (χ0n) is 8.55. The lowest BCUT2D eigenvalue weighted by Crippen LogP contribution is -2.03. The Kier molecular flexibility index (Phi) is 2.66. The fraction of sp³-hybridized carbons (Fsp3) is 0.444. The summed E-state index contributed by atoms with van der Waals surface area (Å²) in [4.78, 5) is 0. The van der Waals surface area contributed by atoms with Crippen molar-refractivity contribution in [2.75, 3.05) is 12.3 Å². The largest absolute Gasteiger partial charge is 0.477 e. The van der Waals surface area contributed by atoms with Crippen LogP contribution in [0.4, 0.5) is 5.95 Å². The summed E-state index contributed by atoms with van der Waals surface area (Å²) in [5, 5.41) is 11.7. The lowest BCUT2D eigenvalue weighted by Gasteiger charge is -2.03. The van der Waals surface area contributed by atoms with Crippen LogP contribution in [0.15, 0.2) is 12.1 Å². The van der Waals surface area contributed by atoms with Crippen molar-refractivity contribution in [2.24, 2.45) is 0 Å². The Morgan fingerprint density at radius 1 is 1.40 bits per heavy atom. The van der Waals surface area contributed by atoms with Crippen molar-refractivity contribution in [1.29, 1.82) is 0 Å². The molecule has 0 aromatic carbocycles. The van der Waals surface area contributed by atoms with Crippen LogP contribution in [0.25, 0.3) is 5.65 Å². The van der Waals surface area contributed by atoms with Crippen molar-refractivity contribution in [3.63, 3.8) is 0 Å². The van der Waals surface area contributed by atoms with E-state index in [1.165, 1.54) is 4.52 Å².